The standard InChI is InChI=1S/C20H21N5O4/c1-20(2,3)16-11-17(25-29-16)24-19(27)23-12-4-6-13(7-5-12)28-14-8-9-22-15(10-14)18(21)26/h4-11H,1-3H3,(H2,21,26)(H2,23,24,25,27). The Morgan fingerprint density at radius 1 is 1.03 bits per heavy atom. The number of amides is 3. The van der Waals surface area contributed by atoms with E-state index in [1.54, 1.807) is 36.4 Å². The molecule has 0 bridgehead atoms. The van der Waals surface area contributed by atoms with Crippen LogP contribution in [0.5, 0.6) is 11.5 Å². The van der Waals surface area contributed by atoms with E-state index >= 15 is 0 Å². The van der Waals surface area contributed by atoms with Crippen molar-refractivity contribution in [3.05, 3.63) is 60.1 Å². The number of carbonyl (C=O) groups is 2. The fourth-order valence-electron chi connectivity index (χ4n) is 2.32. The molecule has 0 fully saturated rings. The van der Waals surface area contributed by atoms with Gasteiger partial charge in [0.1, 0.15) is 23.0 Å². The van der Waals surface area contributed by atoms with Gasteiger partial charge in [-0.1, -0.05) is 25.9 Å². The van der Waals surface area contributed by atoms with Crippen molar-refractivity contribution in [3.63, 3.8) is 0 Å². The first kappa shape index (κ1) is 19.9. The van der Waals surface area contributed by atoms with E-state index < -0.39 is 11.9 Å². The molecule has 150 valence electrons. The van der Waals surface area contributed by atoms with Gasteiger partial charge in [0.15, 0.2) is 5.82 Å². The third-order valence-corrected chi connectivity index (χ3v) is 3.82. The smallest absolute Gasteiger partial charge is 0.324 e. The Morgan fingerprint density at radius 2 is 1.76 bits per heavy atom. The minimum Gasteiger partial charge on any atom is -0.457 e. The number of aromatic nitrogens is 2. The van der Waals surface area contributed by atoms with Gasteiger partial charge in [-0.2, -0.15) is 0 Å². The average Bonchev–Trinajstić information content (AvgIpc) is 3.12. The highest BCUT2D eigenvalue weighted by Gasteiger charge is 2.20. The number of urea groups is 1. The fraction of sp³-hybridized carbons (Fsp3) is 0.200. The molecule has 0 saturated heterocycles. The predicted molar refractivity (Wildman–Crippen MR) is 107 cm³/mol. The molecule has 1 aromatic carbocycles. The Morgan fingerprint density at radius 3 is 2.38 bits per heavy atom. The van der Waals surface area contributed by atoms with Crippen LogP contribution in [-0.4, -0.2) is 22.1 Å². The summed E-state index contributed by atoms with van der Waals surface area (Å²) in [6.07, 6.45) is 1.44. The van der Waals surface area contributed by atoms with Crippen LogP contribution in [-0.2, 0) is 5.41 Å². The summed E-state index contributed by atoms with van der Waals surface area (Å²) < 4.78 is 10.9. The number of nitrogens with two attached hydrogens (primary N) is 1. The number of rotatable bonds is 5. The first-order chi connectivity index (χ1) is 13.7. The molecule has 2 heterocycles. The molecule has 4 N–H and O–H groups in total. The van der Waals surface area contributed by atoms with E-state index in [9.17, 15) is 9.59 Å². The van der Waals surface area contributed by atoms with Crippen LogP contribution in [0.1, 0.15) is 37.0 Å². The number of nitrogens with zero attached hydrogens (tertiary/aromatic N) is 2. The van der Waals surface area contributed by atoms with Gasteiger partial charge in [-0.25, -0.2) is 4.79 Å². The van der Waals surface area contributed by atoms with Crippen molar-refractivity contribution in [2.75, 3.05) is 10.6 Å². The highest BCUT2D eigenvalue weighted by atomic mass is 16.5. The normalized spacial score (nSPS) is 11.0. The molecule has 0 aliphatic carbocycles. The summed E-state index contributed by atoms with van der Waals surface area (Å²) in [5, 5.41) is 9.15. The number of carbonyl (C=O) groups excluding carboxylic acids is 2. The third-order valence-electron chi connectivity index (χ3n) is 3.82. The average molecular weight is 395 g/mol. The highest BCUT2D eigenvalue weighted by Crippen LogP contribution is 2.25. The summed E-state index contributed by atoms with van der Waals surface area (Å²) in [5.74, 6) is 1.31. The summed E-state index contributed by atoms with van der Waals surface area (Å²) in [4.78, 5) is 27.2. The quantitative estimate of drug-likeness (QED) is 0.600. The maximum absolute atomic E-state index is 12.1. The Labute approximate surface area is 167 Å². The van der Waals surface area contributed by atoms with Crippen molar-refractivity contribution in [1.82, 2.24) is 10.1 Å². The maximum Gasteiger partial charge on any atom is 0.324 e. The first-order valence-electron chi connectivity index (χ1n) is 8.80. The van der Waals surface area contributed by atoms with Crippen LogP contribution in [0.4, 0.5) is 16.3 Å². The molecule has 3 amide bonds. The maximum atomic E-state index is 12.1. The van der Waals surface area contributed by atoms with Gasteiger partial charge in [0.25, 0.3) is 5.91 Å². The molecule has 0 radical (unpaired) electrons. The summed E-state index contributed by atoms with van der Waals surface area (Å²) in [6.45, 7) is 5.96. The molecule has 29 heavy (non-hydrogen) atoms. The number of anilines is 2. The Bertz CT molecular complexity index is 1020. The van der Waals surface area contributed by atoms with Crippen LogP contribution < -0.4 is 21.1 Å². The molecule has 0 spiro atoms. The van der Waals surface area contributed by atoms with Gasteiger partial charge in [-0.15, -0.1) is 0 Å². The zero-order valence-corrected chi connectivity index (χ0v) is 16.2. The molecule has 3 aromatic rings. The lowest BCUT2D eigenvalue weighted by atomic mass is 9.93. The lowest BCUT2D eigenvalue weighted by molar-refractivity contribution is 0.0995. The number of primary amides is 1. The molecule has 3 rings (SSSR count). The number of nitrogens with one attached hydrogen (secondary N) is 2. The van der Waals surface area contributed by atoms with Crippen LogP contribution in [0, 0.1) is 0 Å². The van der Waals surface area contributed by atoms with Gasteiger partial charge in [0.05, 0.1) is 0 Å². The van der Waals surface area contributed by atoms with Crippen molar-refractivity contribution in [3.8, 4) is 11.5 Å². The van der Waals surface area contributed by atoms with Crippen molar-refractivity contribution >= 4 is 23.4 Å². The largest absolute Gasteiger partial charge is 0.457 e. The predicted octanol–water partition coefficient (Wildman–Crippen LogP) is 3.90. The molecule has 0 atom stereocenters. The number of hydrogen-bond donors (Lipinski definition) is 3. The van der Waals surface area contributed by atoms with E-state index in [2.05, 4.69) is 20.8 Å². The van der Waals surface area contributed by atoms with E-state index in [0.29, 0.717) is 28.8 Å². The zero-order valence-electron chi connectivity index (χ0n) is 16.2. The van der Waals surface area contributed by atoms with Gasteiger partial charge in [-0.05, 0) is 30.3 Å². The fourth-order valence-corrected chi connectivity index (χ4v) is 2.32. The van der Waals surface area contributed by atoms with E-state index in [1.165, 1.54) is 12.3 Å². The molecule has 0 aliphatic rings. The van der Waals surface area contributed by atoms with Gasteiger partial charge >= 0.3 is 6.03 Å². The second-order valence-electron chi connectivity index (χ2n) is 7.27. The summed E-state index contributed by atoms with van der Waals surface area (Å²) in [5.41, 5.74) is 5.67. The van der Waals surface area contributed by atoms with Gasteiger partial charge in [-0.3, -0.25) is 15.1 Å². The third kappa shape index (κ3) is 5.32. The molecule has 0 aliphatic heterocycles. The molecular formula is C20H21N5O4. The lowest BCUT2D eigenvalue weighted by Crippen LogP contribution is -2.19. The lowest BCUT2D eigenvalue weighted by Gasteiger charge is -2.12. The number of benzene rings is 1. The molecule has 9 heteroatoms. The zero-order chi connectivity index (χ0) is 21.0. The summed E-state index contributed by atoms with van der Waals surface area (Å²) in [7, 11) is 0. The second kappa shape index (κ2) is 8.01. The van der Waals surface area contributed by atoms with Crippen LogP contribution in [0.25, 0.3) is 0 Å². The van der Waals surface area contributed by atoms with Crippen LogP contribution in [0.15, 0.2) is 53.2 Å². The Balaban J connectivity index is 1.59. The van der Waals surface area contributed by atoms with Crippen molar-refractivity contribution in [1.29, 1.82) is 0 Å². The first-order valence-corrected chi connectivity index (χ1v) is 8.80. The minimum atomic E-state index is -0.636. The molecule has 0 saturated carbocycles. The number of hydrogen-bond acceptors (Lipinski definition) is 6. The molecule has 9 nitrogen and oxygen atoms in total. The van der Waals surface area contributed by atoms with Gasteiger partial charge < -0.3 is 20.3 Å². The van der Waals surface area contributed by atoms with E-state index in [1.807, 2.05) is 20.8 Å². The summed E-state index contributed by atoms with van der Waals surface area (Å²) >= 11 is 0. The Kier molecular flexibility index (Phi) is 5.49. The SMILES string of the molecule is CC(C)(C)c1cc(NC(=O)Nc2ccc(Oc3ccnc(C(N)=O)c3)cc2)no1. The molecule has 0 unspecified atom stereocenters. The van der Waals surface area contributed by atoms with Crippen LogP contribution in [0.3, 0.4) is 0 Å². The van der Waals surface area contributed by atoms with E-state index in [4.69, 9.17) is 15.0 Å². The van der Waals surface area contributed by atoms with Crippen LogP contribution >= 0.6 is 0 Å². The van der Waals surface area contributed by atoms with Crippen molar-refractivity contribution in [2.24, 2.45) is 5.73 Å². The molecular weight excluding hydrogens is 374 g/mol. The van der Waals surface area contributed by atoms with Gasteiger partial charge in [0, 0.05) is 29.4 Å². The van der Waals surface area contributed by atoms with E-state index in [-0.39, 0.29) is 11.1 Å². The number of pyridine rings is 1. The summed E-state index contributed by atoms with van der Waals surface area (Å²) in [6, 6.07) is 11.0. The van der Waals surface area contributed by atoms with Gasteiger partial charge in [0.2, 0.25) is 0 Å². The van der Waals surface area contributed by atoms with Crippen molar-refractivity contribution < 1.29 is 18.8 Å². The number of ether oxygens (including phenoxy) is 1. The second-order valence-corrected chi connectivity index (χ2v) is 7.27. The van der Waals surface area contributed by atoms with E-state index in [0.717, 1.165) is 0 Å². The van der Waals surface area contributed by atoms with Crippen molar-refractivity contribution in [2.45, 2.75) is 26.2 Å². The minimum absolute atomic E-state index is 0.111. The monoisotopic (exact) mass is 395 g/mol. The highest BCUT2D eigenvalue weighted by molar-refractivity contribution is 5.99. The Hall–Kier alpha value is -3.88. The topological polar surface area (TPSA) is 132 Å². The van der Waals surface area contributed by atoms with Crippen LogP contribution in [0.2, 0.25) is 0 Å². The molecule has 2 aromatic heterocycles.